The van der Waals surface area contributed by atoms with Gasteiger partial charge in [0.1, 0.15) is 6.04 Å². The lowest BCUT2D eigenvalue weighted by molar-refractivity contribution is -0.128. The third-order valence-corrected chi connectivity index (χ3v) is 4.04. The number of likely N-dealkylation sites (tertiary alicyclic amines) is 1. The maximum atomic E-state index is 12.0. The highest BCUT2D eigenvalue weighted by atomic mass is 79.9. The van der Waals surface area contributed by atoms with Crippen LogP contribution in [0.4, 0.5) is 0 Å². The van der Waals surface area contributed by atoms with Crippen LogP contribution in [0.3, 0.4) is 0 Å². The van der Waals surface area contributed by atoms with Crippen LogP contribution in [0.2, 0.25) is 0 Å². The summed E-state index contributed by atoms with van der Waals surface area (Å²) >= 11 is 3.39. The first kappa shape index (κ1) is 13.1. The van der Waals surface area contributed by atoms with Gasteiger partial charge in [-0.1, -0.05) is 15.9 Å². The summed E-state index contributed by atoms with van der Waals surface area (Å²) in [4.78, 5) is 25.4. The summed E-state index contributed by atoms with van der Waals surface area (Å²) in [6.07, 6.45) is 0.677. The standard InChI is InChI=1S/C13H15BrN2O2/c1-8-7-9(3-4-10(8)14)12(17)15-11-5-6-16(2)13(11)18/h3-4,7,11H,5-6H2,1-2H3,(H,15,17). The summed E-state index contributed by atoms with van der Waals surface area (Å²) in [6, 6.07) is 5.01. The maximum absolute atomic E-state index is 12.0. The van der Waals surface area contributed by atoms with E-state index in [1.54, 1.807) is 18.0 Å². The number of nitrogens with one attached hydrogen (secondary N) is 1. The SMILES string of the molecule is Cc1cc(C(=O)NC2CCN(C)C2=O)ccc1Br. The number of benzene rings is 1. The number of likely N-dealkylation sites (N-methyl/N-ethyl adjacent to an activating group) is 1. The highest BCUT2D eigenvalue weighted by molar-refractivity contribution is 9.10. The average molecular weight is 311 g/mol. The number of nitrogens with zero attached hydrogens (tertiary/aromatic N) is 1. The van der Waals surface area contributed by atoms with Gasteiger partial charge in [-0.3, -0.25) is 9.59 Å². The summed E-state index contributed by atoms with van der Waals surface area (Å²) in [5, 5.41) is 2.78. The van der Waals surface area contributed by atoms with E-state index in [-0.39, 0.29) is 17.9 Å². The van der Waals surface area contributed by atoms with Gasteiger partial charge in [0, 0.05) is 23.6 Å². The molecular formula is C13H15BrN2O2. The Morgan fingerprint density at radius 1 is 1.50 bits per heavy atom. The largest absolute Gasteiger partial charge is 0.344 e. The Bertz CT molecular complexity index is 502. The molecule has 1 N–H and O–H groups in total. The topological polar surface area (TPSA) is 49.4 Å². The first-order valence-corrected chi connectivity index (χ1v) is 6.60. The summed E-state index contributed by atoms with van der Waals surface area (Å²) in [5.74, 6) is -0.212. The zero-order valence-electron chi connectivity index (χ0n) is 10.4. The molecule has 1 aliphatic rings. The number of halogens is 1. The normalized spacial score (nSPS) is 19.2. The lowest BCUT2D eigenvalue weighted by atomic mass is 10.1. The maximum Gasteiger partial charge on any atom is 0.251 e. The fourth-order valence-corrected chi connectivity index (χ4v) is 2.23. The molecule has 1 fully saturated rings. The summed E-state index contributed by atoms with van der Waals surface area (Å²) < 4.78 is 0.968. The van der Waals surface area contributed by atoms with Crippen LogP contribution in [-0.4, -0.2) is 36.3 Å². The molecule has 2 amide bonds. The molecular weight excluding hydrogens is 296 g/mol. The summed E-state index contributed by atoms with van der Waals surface area (Å²) in [5.41, 5.74) is 1.58. The van der Waals surface area contributed by atoms with Gasteiger partial charge in [-0.05, 0) is 37.1 Å². The molecule has 0 bridgehead atoms. The molecule has 1 aromatic rings. The minimum Gasteiger partial charge on any atom is -0.344 e. The molecule has 1 heterocycles. The van der Waals surface area contributed by atoms with Crippen molar-refractivity contribution in [3.8, 4) is 0 Å². The molecule has 0 aromatic heterocycles. The van der Waals surface area contributed by atoms with Gasteiger partial charge in [0.25, 0.3) is 5.91 Å². The Morgan fingerprint density at radius 3 is 2.78 bits per heavy atom. The second-order valence-corrected chi connectivity index (χ2v) is 5.39. The first-order valence-electron chi connectivity index (χ1n) is 5.81. The molecule has 96 valence electrons. The molecule has 2 rings (SSSR count). The van der Waals surface area contributed by atoms with Crippen molar-refractivity contribution in [2.45, 2.75) is 19.4 Å². The molecule has 1 unspecified atom stereocenters. The van der Waals surface area contributed by atoms with E-state index < -0.39 is 0 Å². The van der Waals surface area contributed by atoms with Crippen molar-refractivity contribution in [1.29, 1.82) is 0 Å². The van der Waals surface area contributed by atoms with E-state index in [4.69, 9.17) is 0 Å². The van der Waals surface area contributed by atoms with E-state index in [1.807, 2.05) is 19.1 Å². The van der Waals surface area contributed by atoms with Crippen molar-refractivity contribution < 1.29 is 9.59 Å². The van der Waals surface area contributed by atoms with Gasteiger partial charge in [0.05, 0.1) is 0 Å². The number of hydrogen-bond acceptors (Lipinski definition) is 2. The van der Waals surface area contributed by atoms with Gasteiger partial charge in [0.2, 0.25) is 5.91 Å². The van der Waals surface area contributed by atoms with E-state index in [1.165, 1.54) is 0 Å². The third kappa shape index (κ3) is 2.56. The number of amides is 2. The van der Waals surface area contributed by atoms with Gasteiger partial charge in [-0.15, -0.1) is 0 Å². The number of carbonyl (C=O) groups excluding carboxylic acids is 2. The van der Waals surface area contributed by atoms with Gasteiger partial charge in [-0.2, -0.15) is 0 Å². The smallest absolute Gasteiger partial charge is 0.251 e. The van der Waals surface area contributed by atoms with Crippen LogP contribution in [0.5, 0.6) is 0 Å². The van der Waals surface area contributed by atoms with E-state index in [9.17, 15) is 9.59 Å². The third-order valence-electron chi connectivity index (χ3n) is 3.15. The summed E-state index contributed by atoms with van der Waals surface area (Å²) in [7, 11) is 1.75. The van der Waals surface area contributed by atoms with E-state index >= 15 is 0 Å². The second-order valence-electron chi connectivity index (χ2n) is 4.54. The van der Waals surface area contributed by atoms with Crippen LogP contribution in [0.15, 0.2) is 22.7 Å². The summed E-state index contributed by atoms with van der Waals surface area (Å²) in [6.45, 7) is 2.62. The van der Waals surface area contributed by atoms with Crippen molar-refractivity contribution in [3.05, 3.63) is 33.8 Å². The molecule has 0 aliphatic carbocycles. The van der Waals surface area contributed by atoms with Gasteiger partial charge < -0.3 is 10.2 Å². The zero-order valence-corrected chi connectivity index (χ0v) is 12.0. The van der Waals surface area contributed by atoms with Crippen molar-refractivity contribution in [1.82, 2.24) is 10.2 Å². The van der Waals surface area contributed by atoms with Crippen LogP contribution in [0, 0.1) is 6.92 Å². The minimum atomic E-state index is -0.383. The van der Waals surface area contributed by atoms with E-state index in [2.05, 4.69) is 21.2 Å². The molecule has 0 radical (unpaired) electrons. The predicted octanol–water partition coefficient (Wildman–Crippen LogP) is 1.72. The van der Waals surface area contributed by atoms with Crippen LogP contribution in [0.1, 0.15) is 22.3 Å². The van der Waals surface area contributed by atoms with E-state index in [0.717, 1.165) is 10.0 Å². The molecule has 18 heavy (non-hydrogen) atoms. The lowest BCUT2D eigenvalue weighted by Gasteiger charge is -2.12. The van der Waals surface area contributed by atoms with E-state index in [0.29, 0.717) is 18.5 Å². The number of carbonyl (C=O) groups is 2. The quantitative estimate of drug-likeness (QED) is 0.904. The van der Waals surface area contributed by atoms with Crippen molar-refractivity contribution in [2.75, 3.05) is 13.6 Å². The Morgan fingerprint density at radius 2 is 2.22 bits per heavy atom. The molecule has 0 spiro atoms. The average Bonchev–Trinajstić information content (AvgIpc) is 2.64. The zero-order chi connectivity index (χ0) is 13.3. The lowest BCUT2D eigenvalue weighted by Crippen LogP contribution is -2.40. The Kier molecular flexibility index (Phi) is 3.71. The highest BCUT2D eigenvalue weighted by Gasteiger charge is 2.30. The van der Waals surface area contributed by atoms with Crippen LogP contribution in [0.25, 0.3) is 0 Å². The van der Waals surface area contributed by atoms with Gasteiger partial charge in [-0.25, -0.2) is 0 Å². The number of hydrogen-bond donors (Lipinski definition) is 1. The molecule has 4 nitrogen and oxygen atoms in total. The fourth-order valence-electron chi connectivity index (χ4n) is 1.98. The number of aryl methyl sites for hydroxylation is 1. The Hall–Kier alpha value is -1.36. The molecule has 5 heteroatoms. The Labute approximate surface area is 114 Å². The second kappa shape index (κ2) is 5.10. The van der Waals surface area contributed by atoms with Crippen LogP contribution < -0.4 is 5.32 Å². The number of rotatable bonds is 2. The molecule has 1 saturated heterocycles. The molecule has 1 atom stereocenters. The van der Waals surface area contributed by atoms with Crippen molar-refractivity contribution in [2.24, 2.45) is 0 Å². The first-order chi connectivity index (χ1) is 8.49. The monoisotopic (exact) mass is 310 g/mol. The highest BCUT2D eigenvalue weighted by Crippen LogP contribution is 2.17. The Balaban J connectivity index is 2.08. The van der Waals surface area contributed by atoms with Crippen LogP contribution >= 0.6 is 15.9 Å². The van der Waals surface area contributed by atoms with Crippen LogP contribution in [-0.2, 0) is 4.79 Å². The minimum absolute atomic E-state index is 0.0165. The fraction of sp³-hybridized carbons (Fsp3) is 0.385. The molecule has 0 saturated carbocycles. The molecule has 1 aliphatic heterocycles. The van der Waals surface area contributed by atoms with Gasteiger partial charge in [0.15, 0.2) is 0 Å². The molecule has 1 aromatic carbocycles. The van der Waals surface area contributed by atoms with Crippen molar-refractivity contribution in [3.63, 3.8) is 0 Å². The van der Waals surface area contributed by atoms with Crippen molar-refractivity contribution >= 4 is 27.7 Å². The van der Waals surface area contributed by atoms with Gasteiger partial charge >= 0.3 is 0 Å². The predicted molar refractivity (Wildman–Crippen MR) is 72.4 cm³/mol.